The largest absolute Gasteiger partial charge is 0.491 e. The summed E-state index contributed by atoms with van der Waals surface area (Å²) in [6.45, 7) is 3.44. The fourth-order valence-corrected chi connectivity index (χ4v) is 3.02. The Bertz CT molecular complexity index is 626. The summed E-state index contributed by atoms with van der Waals surface area (Å²) >= 11 is 5.64. The maximum atomic E-state index is 12.3. The first-order chi connectivity index (χ1) is 12.9. The molecule has 3 nitrogen and oxygen atoms in total. The van der Waals surface area contributed by atoms with E-state index in [0.29, 0.717) is 12.2 Å². The van der Waals surface area contributed by atoms with Crippen molar-refractivity contribution in [3.8, 4) is 5.75 Å². The Balaban J connectivity index is 2.04. The van der Waals surface area contributed by atoms with Gasteiger partial charge in [-0.3, -0.25) is 0 Å². The van der Waals surface area contributed by atoms with Crippen LogP contribution in [0.1, 0.15) is 37.0 Å². The van der Waals surface area contributed by atoms with Gasteiger partial charge in [-0.2, -0.15) is 0 Å². The molecule has 0 saturated heterocycles. The molecule has 27 heavy (non-hydrogen) atoms. The first-order valence-electron chi connectivity index (χ1n) is 9.17. The molecule has 0 saturated carbocycles. The molecule has 0 radical (unpaired) electrons. The molecule has 0 unspecified atom stereocenters. The molecule has 0 spiro atoms. The zero-order valence-corrected chi connectivity index (χ0v) is 16.6. The molecule has 2 atom stereocenters. The van der Waals surface area contributed by atoms with Gasteiger partial charge in [0.15, 0.2) is 0 Å². The van der Waals surface area contributed by atoms with E-state index in [0.717, 1.165) is 12.0 Å². The van der Waals surface area contributed by atoms with Crippen molar-refractivity contribution in [1.29, 1.82) is 0 Å². The van der Waals surface area contributed by atoms with Gasteiger partial charge in [-0.15, -0.1) is 11.6 Å². The summed E-state index contributed by atoms with van der Waals surface area (Å²) in [6, 6.07) is 16.1. The Labute approximate surface area is 165 Å². The Morgan fingerprint density at radius 1 is 0.963 bits per heavy atom. The zero-order valence-electron chi connectivity index (χ0n) is 15.9. The Morgan fingerprint density at radius 2 is 1.52 bits per heavy atom. The summed E-state index contributed by atoms with van der Waals surface area (Å²) in [5, 5.41) is 18.8. The predicted molar refractivity (Wildman–Crippen MR) is 108 cm³/mol. The van der Waals surface area contributed by atoms with Gasteiger partial charge >= 0.3 is 0 Å². The second kappa shape index (κ2) is 10.1. The topological polar surface area (TPSA) is 49.7 Å². The number of aliphatic hydroxyl groups excluding tert-OH is 2. The molecule has 2 rings (SSSR count). The van der Waals surface area contributed by atoms with Gasteiger partial charge in [0.2, 0.25) is 0 Å². The molecule has 0 amide bonds. The molecule has 0 aromatic heterocycles. The van der Waals surface area contributed by atoms with Gasteiger partial charge in [0.25, 0.3) is 0 Å². The molecule has 0 aliphatic heterocycles. The van der Waals surface area contributed by atoms with Crippen molar-refractivity contribution in [2.45, 2.75) is 44.3 Å². The van der Waals surface area contributed by atoms with E-state index < -0.39 is 18.9 Å². The SMILES string of the molecule is CC(C)(c1ccc(CC[C@H](O)CCl)cc1)c1ccc(OC[C@H](O)CF)cc1. The van der Waals surface area contributed by atoms with Crippen molar-refractivity contribution in [3.63, 3.8) is 0 Å². The third-order valence-corrected chi connectivity index (χ3v) is 5.17. The minimum atomic E-state index is -1.09. The second-order valence-electron chi connectivity index (χ2n) is 7.31. The van der Waals surface area contributed by atoms with E-state index in [1.807, 2.05) is 24.3 Å². The van der Waals surface area contributed by atoms with Crippen molar-refractivity contribution < 1.29 is 19.3 Å². The quantitative estimate of drug-likeness (QED) is 0.592. The highest BCUT2D eigenvalue weighted by Crippen LogP contribution is 2.32. The maximum absolute atomic E-state index is 12.3. The number of hydrogen-bond donors (Lipinski definition) is 2. The van der Waals surface area contributed by atoms with Crippen LogP contribution in [0.3, 0.4) is 0 Å². The number of hydrogen-bond acceptors (Lipinski definition) is 3. The first-order valence-corrected chi connectivity index (χ1v) is 9.71. The molecule has 0 heterocycles. The third kappa shape index (κ3) is 6.20. The van der Waals surface area contributed by atoms with Crippen molar-refractivity contribution in [1.82, 2.24) is 0 Å². The van der Waals surface area contributed by atoms with Crippen LogP contribution in [-0.4, -0.2) is 41.6 Å². The number of rotatable bonds is 10. The number of ether oxygens (including phenoxy) is 1. The van der Waals surface area contributed by atoms with E-state index in [9.17, 15) is 14.6 Å². The van der Waals surface area contributed by atoms with E-state index in [-0.39, 0.29) is 17.9 Å². The van der Waals surface area contributed by atoms with Crippen LogP contribution in [0, 0.1) is 0 Å². The fraction of sp³-hybridized carbons (Fsp3) is 0.455. The molecule has 2 aromatic carbocycles. The van der Waals surface area contributed by atoms with Crippen LogP contribution in [-0.2, 0) is 11.8 Å². The van der Waals surface area contributed by atoms with Gasteiger partial charge in [-0.05, 0) is 41.7 Å². The van der Waals surface area contributed by atoms with Gasteiger partial charge in [0.05, 0.1) is 6.10 Å². The average Bonchev–Trinajstić information content (AvgIpc) is 2.70. The molecule has 0 bridgehead atoms. The highest BCUT2D eigenvalue weighted by molar-refractivity contribution is 6.18. The third-order valence-electron chi connectivity index (χ3n) is 4.82. The number of alkyl halides is 2. The summed E-state index contributed by atoms with van der Waals surface area (Å²) in [5.74, 6) is 0.868. The van der Waals surface area contributed by atoms with Gasteiger partial charge in [-0.1, -0.05) is 50.2 Å². The lowest BCUT2D eigenvalue weighted by molar-refractivity contribution is 0.0842. The van der Waals surface area contributed by atoms with Crippen LogP contribution >= 0.6 is 11.6 Å². The summed E-state index contributed by atoms with van der Waals surface area (Å²) in [7, 11) is 0. The van der Waals surface area contributed by atoms with Crippen LogP contribution in [0.25, 0.3) is 0 Å². The molecule has 148 valence electrons. The van der Waals surface area contributed by atoms with E-state index in [4.69, 9.17) is 16.3 Å². The number of aliphatic hydroxyl groups is 2. The van der Waals surface area contributed by atoms with Gasteiger partial charge in [0, 0.05) is 11.3 Å². The van der Waals surface area contributed by atoms with Crippen LogP contribution in [0.4, 0.5) is 4.39 Å². The lowest BCUT2D eigenvalue weighted by Crippen LogP contribution is -2.20. The summed E-state index contributed by atoms with van der Waals surface area (Å²) in [5.41, 5.74) is 3.30. The Kier molecular flexibility index (Phi) is 8.08. The Hall–Kier alpha value is -1.62. The lowest BCUT2D eigenvalue weighted by Gasteiger charge is -2.26. The number of aryl methyl sites for hydroxylation is 1. The monoisotopic (exact) mass is 394 g/mol. The van der Waals surface area contributed by atoms with Crippen molar-refractivity contribution in [2.24, 2.45) is 0 Å². The zero-order chi connectivity index (χ0) is 19.9. The predicted octanol–water partition coefficient (Wildman–Crippen LogP) is 4.25. The van der Waals surface area contributed by atoms with E-state index in [1.54, 1.807) is 0 Å². The summed E-state index contributed by atoms with van der Waals surface area (Å²) in [6.07, 6.45) is -0.101. The van der Waals surface area contributed by atoms with Gasteiger partial charge in [-0.25, -0.2) is 4.39 Å². The highest BCUT2D eigenvalue weighted by Gasteiger charge is 2.23. The minimum Gasteiger partial charge on any atom is -0.491 e. The summed E-state index contributed by atoms with van der Waals surface area (Å²) < 4.78 is 17.7. The second-order valence-corrected chi connectivity index (χ2v) is 7.62. The van der Waals surface area contributed by atoms with Crippen LogP contribution in [0.2, 0.25) is 0 Å². The van der Waals surface area contributed by atoms with Crippen LogP contribution in [0.15, 0.2) is 48.5 Å². The first kappa shape index (κ1) is 21.7. The van der Waals surface area contributed by atoms with Crippen molar-refractivity contribution >= 4 is 11.6 Å². The molecule has 0 fully saturated rings. The molecule has 2 N–H and O–H groups in total. The molecule has 2 aromatic rings. The molecular formula is C22H28ClFO3. The smallest absolute Gasteiger partial charge is 0.119 e. The molecule has 5 heteroatoms. The van der Waals surface area contributed by atoms with Gasteiger partial charge < -0.3 is 14.9 Å². The van der Waals surface area contributed by atoms with Crippen LogP contribution in [0.5, 0.6) is 5.75 Å². The molecule has 0 aliphatic carbocycles. The molecular weight excluding hydrogens is 367 g/mol. The minimum absolute atomic E-state index is 0.0564. The number of halogens is 2. The maximum Gasteiger partial charge on any atom is 0.119 e. The Morgan fingerprint density at radius 3 is 2.04 bits per heavy atom. The van der Waals surface area contributed by atoms with Crippen LogP contribution < -0.4 is 4.74 Å². The molecule has 0 aliphatic rings. The lowest BCUT2D eigenvalue weighted by atomic mass is 9.78. The highest BCUT2D eigenvalue weighted by atomic mass is 35.5. The number of benzene rings is 2. The van der Waals surface area contributed by atoms with E-state index >= 15 is 0 Å². The standard InChI is InChI=1S/C22H28ClFO3/c1-22(2,17-6-3-16(4-7-17)5-10-19(25)13-23)18-8-11-21(12-9-18)27-15-20(26)14-24/h3-4,6-9,11-12,19-20,25-26H,5,10,13-15H2,1-2H3/t19-,20+/m0/s1. The normalized spacial score (nSPS) is 14.0. The average molecular weight is 395 g/mol. The van der Waals surface area contributed by atoms with Crippen molar-refractivity contribution in [2.75, 3.05) is 19.2 Å². The fourth-order valence-electron chi connectivity index (χ4n) is 2.87. The van der Waals surface area contributed by atoms with E-state index in [1.165, 1.54) is 11.1 Å². The summed E-state index contributed by atoms with van der Waals surface area (Å²) in [4.78, 5) is 0. The van der Waals surface area contributed by atoms with Gasteiger partial charge in [0.1, 0.15) is 25.1 Å². The van der Waals surface area contributed by atoms with E-state index in [2.05, 4.69) is 38.1 Å². The van der Waals surface area contributed by atoms with Crippen molar-refractivity contribution in [3.05, 3.63) is 65.2 Å².